The van der Waals surface area contributed by atoms with Crippen molar-refractivity contribution in [1.82, 2.24) is 9.88 Å². The molecule has 21 heavy (non-hydrogen) atoms. The molecule has 1 amide bonds. The number of likely N-dealkylation sites (tertiary alicyclic amines) is 1. The molecule has 1 unspecified atom stereocenters. The molecule has 1 saturated heterocycles. The van der Waals surface area contributed by atoms with Gasteiger partial charge in [-0.25, -0.2) is 4.98 Å². The van der Waals surface area contributed by atoms with Crippen LogP contribution in [0.4, 0.5) is 0 Å². The highest BCUT2D eigenvalue weighted by atomic mass is 16.2. The van der Waals surface area contributed by atoms with E-state index in [2.05, 4.69) is 4.98 Å². The average molecular weight is 283 g/mol. The van der Waals surface area contributed by atoms with Gasteiger partial charge in [0, 0.05) is 18.5 Å². The van der Waals surface area contributed by atoms with Gasteiger partial charge in [0.05, 0.1) is 5.52 Å². The molecule has 2 heterocycles. The third kappa shape index (κ3) is 3.05. The standard InChI is InChI=1S/C17H21N3O/c18-10-9-13-4-3-11-20(12-13)17(21)16-8-7-14-5-1-2-6-15(14)19-16/h1-2,5-8,13H,3-4,9-12,18H2. The number of amides is 1. The Bertz CT molecular complexity index is 639. The number of aromatic nitrogens is 1. The number of nitrogens with two attached hydrogens (primary N) is 1. The number of hydrogen-bond donors (Lipinski definition) is 1. The van der Waals surface area contributed by atoms with Gasteiger partial charge in [-0.05, 0) is 43.9 Å². The van der Waals surface area contributed by atoms with Gasteiger partial charge in [0.2, 0.25) is 0 Å². The van der Waals surface area contributed by atoms with Crippen LogP contribution in [0.2, 0.25) is 0 Å². The summed E-state index contributed by atoms with van der Waals surface area (Å²) in [4.78, 5) is 19.1. The summed E-state index contributed by atoms with van der Waals surface area (Å²) in [6, 6.07) is 11.7. The lowest BCUT2D eigenvalue weighted by Gasteiger charge is -2.32. The molecule has 4 nitrogen and oxygen atoms in total. The zero-order valence-electron chi connectivity index (χ0n) is 12.2. The quantitative estimate of drug-likeness (QED) is 0.941. The van der Waals surface area contributed by atoms with E-state index < -0.39 is 0 Å². The van der Waals surface area contributed by atoms with Gasteiger partial charge in [-0.1, -0.05) is 24.3 Å². The van der Waals surface area contributed by atoms with Crippen molar-refractivity contribution in [2.75, 3.05) is 19.6 Å². The van der Waals surface area contributed by atoms with Crippen LogP contribution in [0.1, 0.15) is 29.8 Å². The van der Waals surface area contributed by atoms with Crippen molar-refractivity contribution in [1.29, 1.82) is 0 Å². The van der Waals surface area contributed by atoms with Crippen LogP contribution in [-0.2, 0) is 0 Å². The molecule has 1 aromatic carbocycles. The molecule has 0 spiro atoms. The number of hydrogen-bond acceptors (Lipinski definition) is 3. The van der Waals surface area contributed by atoms with Crippen molar-refractivity contribution in [3.63, 3.8) is 0 Å². The Morgan fingerprint density at radius 2 is 2.14 bits per heavy atom. The summed E-state index contributed by atoms with van der Waals surface area (Å²) in [5.74, 6) is 0.579. The molecule has 0 radical (unpaired) electrons. The number of piperidine rings is 1. The molecule has 1 aliphatic heterocycles. The molecule has 4 heteroatoms. The summed E-state index contributed by atoms with van der Waals surface area (Å²) >= 11 is 0. The molecule has 3 rings (SSSR count). The first kappa shape index (κ1) is 14.0. The van der Waals surface area contributed by atoms with Gasteiger partial charge in [-0.15, -0.1) is 0 Å². The van der Waals surface area contributed by atoms with Crippen LogP contribution in [0.3, 0.4) is 0 Å². The van der Waals surface area contributed by atoms with Gasteiger partial charge in [-0.2, -0.15) is 0 Å². The lowest BCUT2D eigenvalue weighted by atomic mass is 9.94. The Hall–Kier alpha value is -1.94. The second kappa shape index (κ2) is 6.22. The molecular formula is C17H21N3O. The van der Waals surface area contributed by atoms with Gasteiger partial charge in [0.25, 0.3) is 5.91 Å². The van der Waals surface area contributed by atoms with Crippen molar-refractivity contribution in [2.24, 2.45) is 11.7 Å². The van der Waals surface area contributed by atoms with E-state index in [9.17, 15) is 4.79 Å². The molecule has 1 aliphatic rings. The number of nitrogens with zero attached hydrogens (tertiary/aromatic N) is 2. The van der Waals surface area contributed by atoms with Gasteiger partial charge < -0.3 is 10.6 Å². The maximum Gasteiger partial charge on any atom is 0.272 e. The van der Waals surface area contributed by atoms with Crippen LogP contribution in [0.15, 0.2) is 36.4 Å². The van der Waals surface area contributed by atoms with E-state index in [0.29, 0.717) is 18.2 Å². The van der Waals surface area contributed by atoms with Crippen molar-refractivity contribution in [3.05, 3.63) is 42.1 Å². The fourth-order valence-corrected chi connectivity index (χ4v) is 3.07. The predicted molar refractivity (Wildman–Crippen MR) is 84.0 cm³/mol. The zero-order chi connectivity index (χ0) is 14.7. The monoisotopic (exact) mass is 283 g/mol. The molecule has 1 atom stereocenters. The maximum absolute atomic E-state index is 12.6. The Kier molecular flexibility index (Phi) is 4.15. The molecule has 0 bridgehead atoms. The van der Waals surface area contributed by atoms with E-state index in [4.69, 9.17) is 5.73 Å². The molecule has 110 valence electrons. The average Bonchev–Trinajstić information content (AvgIpc) is 2.54. The lowest BCUT2D eigenvalue weighted by Crippen LogP contribution is -2.40. The van der Waals surface area contributed by atoms with Crippen LogP contribution in [0, 0.1) is 5.92 Å². The van der Waals surface area contributed by atoms with Crippen molar-refractivity contribution in [2.45, 2.75) is 19.3 Å². The normalized spacial score (nSPS) is 18.9. The van der Waals surface area contributed by atoms with Gasteiger partial charge in [-0.3, -0.25) is 4.79 Å². The van der Waals surface area contributed by atoms with E-state index in [-0.39, 0.29) is 5.91 Å². The van der Waals surface area contributed by atoms with Gasteiger partial charge in [0.15, 0.2) is 0 Å². The van der Waals surface area contributed by atoms with Crippen LogP contribution < -0.4 is 5.73 Å². The number of carbonyl (C=O) groups is 1. The fourth-order valence-electron chi connectivity index (χ4n) is 3.07. The Morgan fingerprint density at radius 3 is 3.00 bits per heavy atom. The Balaban J connectivity index is 1.79. The maximum atomic E-state index is 12.6. The first-order valence-corrected chi connectivity index (χ1v) is 7.63. The van der Waals surface area contributed by atoms with Crippen molar-refractivity contribution >= 4 is 16.8 Å². The van der Waals surface area contributed by atoms with Crippen LogP contribution in [0.25, 0.3) is 10.9 Å². The second-order valence-electron chi connectivity index (χ2n) is 5.73. The number of benzene rings is 1. The SMILES string of the molecule is NCCC1CCCN(C(=O)c2ccc3ccccc3n2)C1. The Morgan fingerprint density at radius 1 is 1.29 bits per heavy atom. The zero-order valence-corrected chi connectivity index (χ0v) is 12.2. The van der Waals surface area contributed by atoms with E-state index in [1.807, 2.05) is 41.3 Å². The van der Waals surface area contributed by atoms with E-state index in [0.717, 1.165) is 36.8 Å². The largest absolute Gasteiger partial charge is 0.337 e. The smallest absolute Gasteiger partial charge is 0.272 e. The highest BCUT2D eigenvalue weighted by Gasteiger charge is 2.24. The molecule has 0 aliphatic carbocycles. The molecular weight excluding hydrogens is 262 g/mol. The van der Waals surface area contributed by atoms with Gasteiger partial charge >= 0.3 is 0 Å². The number of carbonyl (C=O) groups excluding carboxylic acids is 1. The molecule has 0 saturated carbocycles. The number of rotatable bonds is 3. The topological polar surface area (TPSA) is 59.2 Å². The summed E-state index contributed by atoms with van der Waals surface area (Å²) in [5.41, 5.74) is 7.06. The summed E-state index contributed by atoms with van der Waals surface area (Å²) in [6.07, 6.45) is 3.23. The Labute approximate surface area is 125 Å². The summed E-state index contributed by atoms with van der Waals surface area (Å²) in [7, 11) is 0. The fraction of sp³-hybridized carbons (Fsp3) is 0.412. The summed E-state index contributed by atoms with van der Waals surface area (Å²) < 4.78 is 0. The van der Waals surface area contributed by atoms with E-state index in [1.165, 1.54) is 6.42 Å². The minimum Gasteiger partial charge on any atom is -0.337 e. The van der Waals surface area contributed by atoms with Crippen LogP contribution in [-0.4, -0.2) is 35.4 Å². The molecule has 1 aromatic heterocycles. The minimum absolute atomic E-state index is 0.0440. The van der Waals surface area contributed by atoms with E-state index in [1.54, 1.807) is 0 Å². The minimum atomic E-state index is 0.0440. The molecule has 1 fully saturated rings. The van der Waals surface area contributed by atoms with Crippen LogP contribution in [0.5, 0.6) is 0 Å². The third-order valence-electron chi connectivity index (χ3n) is 4.20. The van der Waals surface area contributed by atoms with Gasteiger partial charge in [0.1, 0.15) is 5.69 Å². The predicted octanol–water partition coefficient (Wildman–Crippen LogP) is 2.44. The molecule has 2 aromatic rings. The van der Waals surface area contributed by atoms with Crippen LogP contribution >= 0.6 is 0 Å². The van der Waals surface area contributed by atoms with Crippen molar-refractivity contribution < 1.29 is 4.79 Å². The van der Waals surface area contributed by atoms with E-state index >= 15 is 0 Å². The summed E-state index contributed by atoms with van der Waals surface area (Å²) in [6.45, 7) is 2.33. The number of fused-ring (bicyclic) bond motifs is 1. The molecule has 2 N–H and O–H groups in total. The first-order valence-electron chi connectivity index (χ1n) is 7.63. The second-order valence-corrected chi connectivity index (χ2v) is 5.73. The first-order chi connectivity index (χ1) is 10.3. The third-order valence-corrected chi connectivity index (χ3v) is 4.20. The summed E-state index contributed by atoms with van der Waals surface area (Å²) in [5, 5.41) is 1.06. The number of para-hydroxylation sites is 1. The lowest BCUT2D eigenvalue weighted by molar-refractivity contribution is 0.0664. The van der Waals surface area contributed by atoms with Crippen molar-refractivity contribution in [3.8, 4) is 0 Å². The highest BCUT2D eigenvalue weighted by molar-refractivity contribution is 5.94. The highest BCUT2D eigenvalue weighted by Crippen LogP contribution is 2.21. The number of pyridine rings is 1.